The Morgan fingerprint density at radius 3 is 2.23 bits per heavy atom. The molecule has 0 saturated heterocycles. The summed E-state index contributed by atoms with van der Waals surface area (Å²) >= 11 is 0. The molecule has 1 fully saturated rings. The molecule has 1 aliphatic rings. The predicted molar refractivity (Wildman–Crippen MR) is 57.6 cm³/mol. The predicted octanol–water partition coefficient (Wildman–Crippen LogP) is 1.54. The number of rotatable bonds is 5. The van der Waals surface area contributed by atoms with E-state index < -0.39 is 0 Å². The van der Waals surface area contributed by atoms with E-state index in [4.69, 9.17) is 5.73 Å². The molecule has 0 radical (unpaired) electrons. The van der Waals surface area contributed by atoms with Gasteiger partial charge in [0.05, 0.1) is 0 Å². The Bertz CT molecular complexity index is 167. The van der Waals surface area contributed by atoms with Crippen molar-refractivity contribution in [1.82, 2.24) is 4.90 Å². The SMILES string of the molecule is C=CCN(CC=C)[C@H]1CCC[C@H]1N. The molecular formula is C11H20N2. The van der Waals surface area contributed by atoms with Gasteiger partial charge in [-0.2, -0.15) is 0 Å². The monoisotopic (exact) mass is 180 g/mol. The van der Waals surface area contributed by atoms with Gasteiger partial charge in [0, 0.05) is 25.2 Å². The molecule has 0 heterocycles. The van der Waals surface area contributed by atoms with Gasteiger partial charge in [-0.15, -0.1) is 13.2 Å². The van der Waals surface area contributed by atoms with Gasteiger partial charge in [-0.25, -0.2) is 0 Å². The van der Waals surface area contributed by atoms with Gasteiger partial charge in [0.2, 0.25) is 0 Å². The van der Waals surface area contributed by atoms with Gasteiger partial charge >= 0.3 is 0 Å². The summed E-state index contributed by atoms with van der Waals surface area (Å²) in [5.74, 6) is 0. The molecule has 1 aliphatic carbocycles. The molecule has 0 bridgehead atoms. The first-order chi connectivity index (χ1) is 6.29. The fourth-order valence-electron chi connectivity index (χ4n) is 2.10. The molecular weight excluding hydrogens is 160 g/mol. The Morgan fingerprint density at radius 1 is 1.23 bits per heavy atom. The smallest absolute Gasteiger partial charge is 0.0253 e. The highest BCUT2D eigenvalue weighted by molar-refractivity contribution is 4.92. The van der Waals surface area contributed by atoms with E-state index >= 15 is 0 Å². The van der Waals surface area contributed by atoms with Crippen molar-refractivity contribution in [3.8, 4) is 0 Å². The summed E-state index contributed by atoms with van der Waals surface area (Å²) in [4.78, 5) is 2.36. The Balaban J connectivity index is 2.51. The number of hydrogen-bond donors (Lipinski definition) is 1. The third kappa shape index (κ3) is 2.68. The van der Waals surface area contributed by atoms with Crippen LogP contribution in [0, 0.1) is 0 Å². The molecule has 0 unspecified atom stereocenters. The highest BCUT2D eigenvalue weighted by Gasteiger charge is 2.27. The molecule has 0 aromatic carbocycles. The quantitative estimate of drug-likeness (QED) is 0.650. The summed E-state index contributed by atoms with van der Waals surface area (Å²) in [5, 5.41) is 0. The zero-order valence-electron chi connectivity index (χ0n) is 8.28. The molecule has 2 N–H and O–H groups in total. The van der Waals surface area contributed by atoms with Crippen LogP contribution in [0.4, 0.5) is 0 Å². The molecule has 0 spiro atoms. The van der Waals surface area contributed by atoms with Crippen LogP contribution in [0.15, 0.2) is 25.3 Å². The van der Waals surface area contributed by atoms with Crippen LogP contribution in [0.5, 0.6) is 0 Å². The topological polar surface area (TPSA) is 29.3 Å². The van der Waals surface area contributed by atoms with Crippen molar-refractivity contribution in [1.29, 1.82) is 0 Å². The van der Waals surface area contributed by atoms with Gasteiger partial charge in [0.15, 0.2) is 0 Å². The molecule has 0 aromatic heterocycles. The lowest BCUT2D eigenvalue weighted by Gasteiger charge is -2.29. The zero-order chi connectivity index (χ0) is 9.68. The number of nitrogens with zero attached hydrogens (tertiary/aromatic N) is 1. The minimum Gasteiger partial charge on any atom is -0.326 e. The molecule has 1 rings (SSSR count). The summed E-state index contributed by atoms with van der Waals surface area (Å²) in [5.41, 5.74) is 6.03. The van der Waals surface area contributed by atoms with E-state index in [0.717, 1.165) is 19.5 Å². The van der Waals surface area contributed by atoms with Crippen molar-refractivity contribution >= 4 is 0 Å². The van der Waals surface area contributed by atoms with Gasteiger partial charge < -0.3 is 5.73 Å². The van der Waals surface area contributed by atoms with Crippen molar-refractivity contribution in [2.75, 3.05) is 13.1 Å². The average molecular weight is 180 g/mol. The average Bonchev–Trinajstić information content (AvgIpc) is 2.51. The third-order valence-electron chi connectivity index (χ3n) is 2.73. The Hall–Kier alpha value is -0.600. The first-order valence-corrected chi connectivity index (χ1v) is 5.01. The van der Waals surface area contributed by atoms with Gasteiger partial charge in [0.1, 0.15) is 0 Å². The van der Waals surface area contributed by atoms with Crippen LogP contribution in [0.25, 0.3) is 0 Å². The van der Waals surface area contributed by atoms with Crippen molar-refractivity contribution in [2.45, 2.75) is 31.3 Å². The van der Waals surface area contributed by atoms with Gasteiger partial charge in [-0.05, 0) is 12.8 Å². The van der Waals surface area contributed by atoms with Gasteiger partial charge in [-0.1, -0.05) is 18.6 Å². The van der Waals surface area contributed by atoms with Crippen LogP contribution in [-0.4, -0.2) is 30.1 Å². The third-order valence-corrected chi connectivity index (χ3v) is 2.73. The molecule has 0 aromatic rings. The molecule has 74 valence electrons. The second-order valence-electron chi connectivity index (χ2n) is 3.69. The maximum Gasteiger partial charge on any atom is 0.0253 e. The second kappa shape index (κ2) is 5.20. The Labute approximate surface area is 81.1 Å². The lowest BCUT2D eigenvalue weighted by atomic mass is 10.1. The summed E-state index contributed by atoms with van der Waals surface area (Å²) in [6.45, 7) is 9.37. The summed E-state index contributed by atoms with van der Waals surface area (Å²) in [6.07, 6.45) is 7.53. The fourth-order valence-corrected chi connectivity index (χ4v) is 2.10. The highest BCUT2D eigenvalue weighted by atomic mass is 15.2. The Kier molecular flexibility index (Phi) is 4.19. The summed E-state index contributed by atoms with van der Waals surface area (Å²) in [7, 11) is 0. The van der Waals surface area contributed by atoms with E-state index in [1.165, 1.54) is 12.8 Å². The van der Waals surface area contributed by atoms with Crippen LogP contribution in [-0.2, 0) is 0 Å². The normalized spacial score (nSPS) is 27.8. The van der Waals surface area contributed by atoms with Crippen LogP contribution < -0.4 is 5.73 Å². The zero-order valence-corrected chi connectivity index (χ0v) is 8.28. The fraction of sp³-hybridized carbons (Fsp3) is 0.636. The van der Waals surface area contributed by atoms with Crippen molar-refractivity contribution in [2.24, 2.45) is 5.73 Å². The lowest BCUT2D eigenvalue weighted by Crippen LogP contribution is -2.44. The van der Waals surface area contributed by atoms with E-state index in [-0.39, 0.29) is 0 Å². The summed E-state index contributed by atoms with van der Waals surface area (Å²) in [6, 6.07) is 0.885. The summed E-state index contributed by atoms with van der Waals surface area (Å²) < 4.78 is 0. The standard InChI is InChI=1S/C11H20N2/c1-3-8-13(9-4-2)11-7-5-6-10(11)12/h3-4,10-11H,1-2,5-9,12H2/t10-,11+/m1/s1. The molecule has 13 heavy (non-hydrogen) atoms. The highest BCUT2D eigenvalue weighted by Crippen LogP contribution is 2.22. The van der Waals surface area contributed by atoms with Crippen molar-refractivity contribution < 1.29 is 0 Å². The minimum absolute atomic E-state index is 0.347. The van der Waals surface area contributed by atoms with Crippen molar-refractivity contribution in [3.63, 3.8) is 0 Å². The maximum atomic E-state index is 6.03. The molecule has 0 aliphatic heterocycles. The molecule has 2 heteroatoms. The molecule has 2 nitrogen and oxygen atoms in total. The van der Waals surface area contributed by atoms with Crippen molar-refractivity contribution in [3.05, 3.63) is 25.3 Å². The minimum atomic E-state index is 0.347. The molecule has 2 atom stereocenters. The molecule has 0 amide bonds. The lowest BCUT2D eigenvalue weighted by molar-refractivity contribution is 0.226. The number of hydrogen-bond acceptors (Lipinski definition) is 2. The number of nitrogens with two attached hydrogens (primary N) is 1. The van der Waals surface area contributed by atoms with Crippen LogP contribution in [0.3, 0.4) is 0 Å². The van der Waals surface area contributed by atoms with Gasteiger partial charge in [0.25, 0.3) is 0 Å². The largest absolute Gasteiger partial charge is 0.326 e. The first kappa shape index (κ1) is 10.5. The van der Waals surface area contributed by atoms with Gasteiger partial charge in [-0.3, -0.25) is 4.90 Å². The molecule has 1 saturated carbocycles. The van der Waals surface area contributed by atoms with E-state index in [1.54, 1.807) is 0 Å². The van der Waals surface area contributed by atoms with Crippen LogP contribution >= 0.6 is 0 Å². The van der Waals surface area contributed by atoms with E-state index in [2.05, 4.69) is 18.1 Å². The second-order valence-corrected chi connectivity index (χ2v) is 3.69. The van der Waals surface area contributed by atoms with Crippen LogP contribution in [0.2, 0.25) is 0 Å². The van der Waals surface area contributed by atoms with E-state index in [1.807, 2.05) is 12.2 Å². The first-order valence-electron chi connectivity index (χ1n) is 5.01. The van der Waals surface area contributed by atoms with E-state index in [9.17, 15) is 0 Å². The maximum absolute atomic E-state index is 6.03. The Morgan fingerprint density at radius 2 is 1.85 bits per heavy atom. The van der Waals surface area contributed by atoms with E-state index in [0.29, 0.717) is 12.1 Å². The van der Waals surface area contributed by atoms with Crippen LogP contribution in [0.1, 0.15) is 19.3 Å².